The Labute approximate surface area is 121 Å². The largest absolute Gasteiger partial charge is 0.398 e. The molecule has 3 nitrogen and oxygen atoms in total. The van der Waals surface area contributed by atoms with E-state index in [4.69, 9.17) is 5.73 Å². The van der Waals surface area contributed by atoms with E-state index < -0.39 is 0 Å². The molecule has 0 unspecified atom stereocenters. The molecule has 98 valence electrons. The molecule has 0 aromatic heterocycles. The third-order valence-electron chi connectivity index (χ3n) is 2.92. The van der Waals surface area contributed by atoms with Gasteiger partial charge in [-0.2, -0.15) is 0 Å². The molecule has 0 spiro atoms. The number of nitrogens with one attached hydrogen (secondary N) is 1. The van der Waals surface area contributed by atoms with Crippen molar-refractivity contribution in [3.05, 3.63) is 58.1 Å². The van der Waals surface area contributed by atoms with Gasteiger partial charge in [-0.3, -0.25) is 4.79 Å². The summed E-state index contributed by atoms with van der Waals surface area (Å²) in [5.74, 6) is -0.167. The van der Waals surface area contributed by atoms with Crippen LogP contribution in [0, 0.1) is 0 Å². The Balaban J connectivity index is 2.28. The minimum atomic E-state index is -0.167. The van der Waals surface area contributed by atoms with E-state index in [0.29, 0.717) is 15.7 Å². The minimum Gasteiger partial charge on any atom is -0.398 e. The summed E-state index contributed by atoms with van der Waals surface area (Å²) in [4.78, 5) is 12.3. The number of nitrogens with two attached hydrogens (primary N) is 1. The van der Waals surface area contributed by atoms with Crippen molar-refractivity contribution in [3.63, 3.8) is 0 Å². The van der Waals surface area contributed by atoms with E-state index in [0.717, 1.165) is 17.7 Å². The zero-order valence-electron chi connectivity index (χ0n) is 10.6. The number of hydrogen-bond donors (Lipinski definition) is 2. The highest BCUT2D eigenvalue weighted by Gasteiger charge is 2.12. The molecule has 0 aliphatic rings. The summed E-state index contributed by atoms with van der Waals surface area (Å²) in [6.45, 7) is 2.06. The molecule has 0 saturated heterocycles. The first-order chi connectivity index (χ1) is 9.13. The number of amides is 1. The molecule has 0 saturated carbocycles. The smallest absolute Gasteiger partial charge is 0.256 e. The van der Waals surface area contributed by atoms with E-state index in [-0.39, 0.29) is 5.91 Å². The van der Waals surface area contributed by atoms with Crippen molar-refractivity contribution in [2.45, 2.75) is 13.3 Å². The molecular weight excluding hydrogens is 304 g/mol. The maximum Gasteiger partial charge on any atom is 0.256 e. The Kier molecular flexibility index (Phi) is 4.22. The van der Waals surface area contributed by atoms with Gasteiger partial charge in [0.05, 0.1) is 10.0 Å². The lowest BCUT2D eigenvalue weighted by atomic mass is 10.1. The molecule has 0 radical (unpaired) electrons. The van der Waals surface area contributed by atoms with E-state index in [1.54, 1.807) is 18.2 Å². The second kappa shape index (κ2) is 5.89. The fraction of sp³-hybridized carbons (Fsp3) is 0.133. The Morgan fingerprint density at radius 3 is 2.68 bits per heavy atom. The Morgan fingerprint density at radius 2 is 1.95 bits per heavy atom. The first-order valence-electron chi connectivity index (χ1n) is 6.06. The molecule has 0 fully saturated rings. The van der Waals surface area contributed by atoms with Crippen molar-refractivity contribution in [1.82, 2.24) is 0 Å². The third kappa shape index (κ3) is 2.96. The lowest BCUT2D eigenvalue weighted by Crippen LogP contribution is -2.14. The molecule has 2 aromatic rings. The van der Waals surface area contributed by atoms with Crippen LogP contribution in [0.3, 0.4) is 0 Å². The highest BCUT2D eigenvalue weighted by atomic mass is 79.9. The third-order valence-corrected chi connectivity index (χ3v) is 3.80. The quantitative estimate of drug-likeness (QED) is 0.845. The molecule has 1 amide bonds. The molecule has 0 atom stereocenters. The molecule has 0 heterocycles. The fourth-order valence-electron chi connectivity index (χ4n) is 1.87. The maximum absolute atomic E-state index is 12.3. The van der Waals surface area contributed by atoms with Gasteiger partial charge in [0.2, 0.25) is 0 Å². The van der Waals surface area contributed by atoms with Gasteiger partial charge in [0.25, 0.3) is 5.91 Å². The second-order valence-corrected chi connectivity index (χ2v) is 4.97. The summed E-state index contributed by atoms with van der Waals surface area (Å²) >= 11 is 3.34. The number of benzene rings is 2. The van der Waals surface area contributed by atoms with E-state index in [1.165, 1.54) is 0 Å². The van der Waals surface area contributed by atoms with Crippen LogP contribution in [0.2, 0.25) is 0 Å². The van der Waals surface area contributed by atoms with Gasteiger partial charge in [-0.15, -0.1) is 0 Å². The number of carbonyl (C=O) groups excluding carboxylic acids is 1. The standard InChI is InChI=1S/C15H15BrN2O/c1-2-10-6-3-4-9-13(10)18-15(19)11-7-5-8-12(17)14(11)16/h3-9H,2,17H2,1H3,(H,18,19). The molecule has 0 aliphatic heterocycles. The number of carbonyl (C=O) groups is 1. The molecular formula is C15H15BrN2O. The van der Waals surface area contributed by atoms with Crippen LogP contribution in [0.4, 0.5) is 11.4 Å². The molecule has 4 heteroatoms. The van der Waals surface area contributed by atoms with Gasteiger partial charge in [-0.05, 0) is 46.1 Å². The van der Waals surface area contributed by atoms with Gasteiger partial charge in [-0.1, -0.05) is 31.2 Å². The highest BCUT2D eigenvalue weighted by molar-refractivity contribution is 9.10. The average molecular weight is 319 g/mol. The predicted octanol–water partition coefficient (Wildman–Crippen LogP) is 3.85. The minimum absolute atomic E-state index is 0.167. The van der Waals surface area contributed by atoms with Crippen LogP contribution in [-0.4, -0.2) is 5.91 Å². The Bertz CT molecular complexity index is 611. The predicted molar refractivity (Wildman–Crippen MR) is 82.3 cm³/mol. The average Bonchev–Trinajstić information content (AvgIpc) is 2.42. The van der Waals surface area contributed by atoms with Crippen molar-refractivity contribution in [2.24, 2.45) is 0 Å². The van der Waals surface area contributed by atoms with E-state index in [1.807, 2.05) is 24.3 Å². The van der Waals surface area contributed by atoms with Crippen molar-refractivity contribution < 1.29 is 4.79 Å². The monoisotopic (exact) mass is 318 g/mol. The van der Waals surface area contributed by atoms with Crippen molar-refractivity contribution in [2.75, 3.05) is 11.1 Å². The normalized spacial score (nSPS) is 10.2. The number of nitrogen functional groups attached to an aromatic ring is 1. The van der Waals surface area contributed by atoms with Crippen LogP contribution in [0.15, 0.2) is 46.9 Å². The SMILES string of the molecule is CCc1ccccc1NC(=O)c1cccc(N)c1Br. The van der Waals surface area contributed by atoms with Crippen LogP contribution < -0.4 is 11.1 Å². The van der Waals surface area contributed by atoms with Crippen LogP contribution in [-0.2, 0) is 6.42 Å². The lowest BCUT2D eigenvalue weighted by molar-refractivity contribution is 0.102. The molecule has 3 N–H and O–H groups in total. The van der Waals surface area contributed by atoms with E-state index >= 15 is 0 Å². The van der Waals surface area contributed by atoms with E-state index in [9.17, 15) is 4.79 Å². The van der Waals surface area contributed by atoms with Gasteiger partial charge < -0.3 is 11.1 Å². The van der Waals surface area contributed by atoms with Crippen molar-refractivity contribution in [3.8, 4) is 0 Å². The van der Waals surface area contributed by atoms with Gasteiger partial charge in [-0.25, -0.2) is 0 Å². The maximum atomic E-state index is 12.3. The van der Waals surface area contributed by atoms with Gasteiger partial charge in [0.15, 0.2) is 0 Å². The van der Waals surface area contributed by atoms with Crippen molar-refractivity contribution in [1.29, 1.82) is 0 Å². The Hall–Kier alpha value is -1.81. The first kappa shape index (κ1) is 13.6. The summed E-state index contributed by atoms with van der Waals surface area (Å²) < 4.78 is 0.626. The van der Waals surface area contributed by atoms with Gasteiger partial charge >= 0.3 is 0 Å². The summed E-state index contributed by atoms with van der Waals surface area (Å²) in [7, 11) is 0. The summed E-state index contributed by atoms with van der Waals surface area (Å²) in [5.41, 5.74) is 8.81. The molecule has 2 rings (SSSR count). The molecule has 2 aromatic carbocycles. The van der Waals surface area contributed by atoms with Crippen LogP contribution >= 0.6 is 15.9 Å². The molecule has 0 aliphatic carbocycles. The lowest BCUT2D eigenvalue weighted by Gasteiger charge is -2.11. The summed E-state index contributed by atoms with van der Waals surface area (Å²) in [5, 5.41) is 2.92. The Morgan fingerprint density at radius 1 is 1.21 bits per heavy atom. The van der Waals surface area contributed by atoms with Gasteiger partial charge in [0.1, 0.15) is 0 Å². The number of hydrogen-bond acceptors (Lipinski definition) is 2. The second-order valence-electron chi connectivity index (χ2n) is 4.17. The molecule has 0 bridgehead atoms. The van der Waals surface area contributed by atoms with Crippen LogP contribution in [0.5, 0.6) is 0 Å². The number of halogens is 1. The number of para-hydroxylation sites is 1. The van der Waals surface area contributed by atoms with Crippen molar-refractivity contribution >= 4 is 33.2 Å². The molecule has 19 heavy (non-hydrogen) atoms. The van der Waals surface area contributed by atoms with Gasteiger partial charge in [0, 0.05) is 11.4 Å². The van der Waals surface area contributed by atoms with E-state index in [2.05, 4.69) is 28.2 Å². The topological polar surface area (TPSA) is 55.1 Å². The summed E-state index contributed by atoms with van der Waals surface area (Å²) in [6.07, 6.45) is 0.870. The number of rotatable bonds is 3. The van der Waals surface area contributed by atoms with Crippen LogP contribution in [0.25, 0.3) is 0 Å². The fourth-order valence-corrected chi connectivity index (χ4v) is 2.31. The summed E-state index contributed by atoms with van der Waals surface area (Å²) in [6, 6.07) is 13.0. The zero-order chi connectivity index (χ0) is 13.8. The number of aryl methyl sites for hydroxylation is 1. The number of anilines is 2. The first-order valence-corrected chi connectivity index (χ1v) is 6.86. The van der Waals surface area contributed by atoms with Crippen LogP contribution in [0.1, 0.15) is 22.8 Å². The zero-order valence-corrected chi connectivity index (χ0v) is 12.2. The highest BCUT2D eigenvalue weighted by Crippen LogP contribution is 2.25.